The number of piperidine rings is 1. The van der Waals surface area contributed by atoms with E-state index in [4.69, 9.17) is 0 Å². The maximum Gasteiger partial charge on any atom is 0.0101 e. The van der Waals surface area contributed by atoms with Crippen LogP contribution in [0.15, 0.2) is 25.3 Å². The van der Waals surface area contributed by atoms with Crippen LogP contribution in [0.3, 0.4) is 0 Å². The second-order valence-corrected chi connectivity index (χ2v) is 6.84. The molecule has 0 unspecified atom stereocenters. The van der Waals surface area contributed by atoms with Crippen LogP contribution in [0.4, 0.5) is 0 Å². The van der Waals surface area contributed by atoms with E-state index in [2.05, 4.69) is 30.6 Å². The van der Waals surface area contributed by atoms with E-state index in [0.717, 1.165) is 23.9 Å². The molecule has 0 aromatic rings. The Hall–Kier alpha value is -0.560. The summed E-state index contributed by atoms with van der Waals surface area (Å²) in [6.45, 7) is 7.68. The van der Waals surface area contributed by atoms with Crippen molar-refractivity contribution in [3.05, 3.63) is 25.3 Å². The normalized spacial score (nSPS) is 33.4. The third-order valence-electron chi connectivity index (χ3n) is 5.45. The van der Waals surface area contributed by atoms with Gasteiger partial charge in [-0.05, 0) is 69.6 Å². The Kier molecular flexibility index (Phi) is 6.86. The average molecular weight is 275 g/mol. The van der Waals surface area contributed by atoms with Crippen molar-refractivity contribution in [1.29, 1.82) is 0 Å². The van der Waals surface area contributed by atoms with Crippen LogP contribution >= 0.6 is 0 Å². The fourth-order valence-electron chi connectivity index (χ4n) is 4.40. The summed E-state index contributed by atoms with van der Waals surface area (Å²) < 4.78 is 0. The summed E-state index contributed by atoms with van der Waals surface area (Å²) in [4.78, 5) is 0. The van der Waals surface area contributed by atoms with E-state index in [1.165, 1.54) is 70.6 Å². The first-order chi connectivity index (χ1) is 9.85. The van der Waals surface area contributed by atoms with Crippen LogP contribution in [0.2, 0.25) is 0 Å². The van der Waals surface area contributed by atoms with Gasteiger partial charge in [-0.1, -0.05) is 25.0 Å². The molecule has 1 aliphatic heterocycles. The van der Waals surface area contributed by atoms with Crippen LogP contribution < -0.4 is 5.32 Å². The molecule has 0 radical (unpaired) electrons. The summed E-state index contributed by atoms with van der Waals surface area (Å²) >= 11 is 0. The predicted molar refractivity (Wildman–Crippen MR) is 88.9 cm³/mol. The van der Waals surface area contributed by atoms with Gasteiger partial charge in [-0.15, -0.1) is 13.2 Å². The maximum atomic E-state index is 3.98. The highest BCUT2D eigenvalue weighted by molar-refractivity contribution is 4.93. The van der Waals surface area contributed by atoms with Crippen molar-refractivity contribution in [2.75, 3.05) is 0 Å². The van der Waals surface area contributed by atoms with Gasteiger partial charge in [-0.3, -0.25) is 0 Å². The third-order valence-corrected chi connectivity index (χ3v) is 5.45. The SMILES string of the molecule is C=CCCC[C@@H]1CC[C@H]2[C@H](CCCC=C)CCC[C@H]2N1. The van der Waals surface area contributed by atoms with Crippen LogP contribution in [0, 0.1) is 11.8 Å². The van der Waals surface area contributed by atoms with Crippen molar-refractivity contribution >= 4 is 0 Å². The third kappa shape index (κ3) is 4.48. The minimum Gasteiger partial charge on any atom is -0.311 e. The first-order valence-electron chi connectivity index (χ1n) is 8.83. The second-order valence-electron chi connectivity index (χ2n) is 6.84. The average Bonchev–Trinajstić information content (AvgIpc) is 2.48. The highest BCUT2D eigenvalue weighted by Crippen LogP contribution is 2.39. The molecule has 2 fully saturated rings. The van der Waals surface area contributed by atoms with Crippen LogP contribution in [-0.4, -0.2) is 12.1 Å². The molecule has 114 valence electrons. The van der Waals surface area contributed by atoms with E-state index in [1.807, 2.05) is 0 Å². The van der Waals surface area contributed by atoms with Crippen LogP contribution in [0.25, 0.3) is 0 Å². The second kappa shape index (κ2) is 8.67. The quantitative estimate of drug-likeness (QED) is 0.472. The molecular weight excluding hydrogens is 242 g/mol. The van der Waals surface area contributed by atoms with Crippen LogP contribution in [0.1, 0.15) is 70.6 Å². The monoisotopic (exact) mass is 275 g/mol. The minimum atomic E-state index is 0.781. The Balaban J connectivity index is 1.77. The van der Waals surface area contributed by atoms with Crippen molar-refractivity contribution in [1.82, 2.24) is 5.32 Å². The molecule has 2 rings (SSSR count). The molecule has 1 N–H and O–H groups in total. The first-order valence-corrected chi connectivity index (χ1v) is 8.83. The number of nitrogens with one attached hydrogen (secondary N) is 1. The summed E-state index contributed by atoms with van der Waals surface area (Å²) in [7, 11) is 0. The molecule has 0 spiro atoms. The zero-order chi connectivity index (χ0) is 14.2. The van der Waals surface area contributed by atoms with E-state index >= 15 is 0 Å². The van der Waals surface area contributed by atoms with Gasteiger partial charge in [0.25, 0.3) is 0 Å². The molecule has 1 saturated heterocycles. The van der Waals surface area contributed by atoms with Gasteiger partial charge in [0.2, 0.25) is 0 Å². The molecule has 1 heteroatoms. The van der Waals surface area contributed by atoms with Gasteiger partial charge in [0.1, 0.15) is 0 Å². The van der Waals surface area contributed by atoms with Crippen LogP contribution in [0.5, 0.6) is 0 Å². The summed E-state index contributed by atoms with van der Waals surface area (Å²) in [6, 6.07) is 1.60. The Morgan fingerprint density at radius 2 is 1.65 bits per heavy atom. The van der Waals surface area contributed by atoms with Gasteiger partial charge >= 0.3 is 0 Å². The van der Waals surface area contributed by atoms with E-state index in [-0.39, 0.29) is 0 Å². The highest BCUT2D eigenvalue weighted by Gasteiger charge is 2.36. The summed E-state index contributed by atoms with van der Waals surface area (Å²) in [5, 5.41) is 3.98. The molecule has 20 heavy (non-hydrogen) atoms. The summed E-state index contributed by atoms with van der Waals surface area (Å²) in [5.74, 6) is 1.94. The van der Waals surface area contributed by atoms with Gasteiger partial charge in [0.05, 0.1) is 0 Å². The zero-order valence-corrected chi connectivity index (χ0v) is 13.2. The molecular formula is C19H33N. The van der Waals surface area contributed by atoms with Gasteiger partial charge in [0, 0.05) is 12.1 Å². The number of allylic oxidation sites excluding steroid dienone is 2. The van der Waals surface area contributed by atoms with Crippen molar-refractivity contribution in [2.45, 2.75) is 82.7 Å². The molecule has 1 nitrogen and oxygen atoms in total. The summed E-state index contributed by atoms with van der Waals surface area (Å²) in [6.07, 6.45) is 19.1. The standard InChI is InChI=1S/C19H33N/c1-3-5-7-10-16-11-9-13-19-18(16)15-14-17(20-19)12-8-6-4-2/h3-4,16-20H,1-2,5-15H2/t16-,17-,18+,19-/m1/s1. The number of fused-ring (bicyclic) bond motifs is 1. The molecule has 0 aromatic carbocycles. The Labute approximate surface area is 125 Å². The van der Waals surface area contributed by atoms with E-state index in [1.54, 1.807) is 0 Å². The van der Waals surface area contributed by atoms with Crippen LogP contribution in [-0.2, 0) is 0 Å². The van der Waals surface area contributed by atoms with Crippen molar-refractivity contribution in [3.63, 3.8) is 0 Å². The molecule has 0 aromatic heterocycles. The fourth-order valence-corrected chi connectivity index (χ4v) is 4.40. The maximum absolute atomic E-state index is 3.98. The lowest BCUT2D eigenvalue weighted by Gasteiger charge is -2.45. The topological polar surface area (TPSA) is 12.0 Å². The lowest BCUT2D eigenvalue weighted by molar-refractivity contribution is 0.105. The number of rotatable bonds is 8. The molecule has 2 aliphatic rings. The Morgan fingerprint density at radius 3 is 2.40 bits per heavy atom. The van der Waals surface area contributed by atoms with Crippen molar-refractivity contribution < 1.29 is 0 Å². The lowest BCUT2D eigenvalue weighted by Crippen LogP contribution is -2.51. The molecule has 1 heterocycles. The van der Waals surface area contributed by atoms with Gasteiger partial charge in [-0.2, -0.15) is 0 Å². The molecule has 4 atom stereocenters. The largest absolute Gasteiger partial charge is 0.311 e. The number of unbranched alkanes of at least 4 members (excludes halogenated alkanes) is 2. The van der Waals surface area contributed by atoms with Gasteiger partial charge < -0.3 is 5.32 Å². The van der Waals surface area contributed by atoms with Crippen molar-refractivity contribution in [2.24, 2.45) is 11.8 Å². The van der Waals surface area contributed by atoms with Crippen molar-refractivity contribution in [3.8, 4) is 0 Å². The fraction of sp³-hybridized carbons (Fsp3) is 0.789. The lowest BCUT2D eigenvalue weighted by atomic mass is 9.69. The van der Waals surface area contributed by atoms with Gasteiger partial charge in [-0.25, -0.2) is 0 Å². The van der Waals surface area contributed by atoms with E-state index < -0.39 is 0 Å². The molecule has 1 saturated carbocycles. The van der Waals surface area contributed by atoms with E-state index in [9.17, 15) is 0 Å². The highest BCUT2D eigenvalue weighted by atomic mass is 15.0. The van der Waals surface area contributed by atoms with Gasteiger partial charge in [0.15, 0.2) is 0 Å². The molecule has 0 bridgehead atoms. The predicted octanol–water partition coefficient (Wildman–Crippen LogP) is 5.24. The number of hydrogen-bond acceptors (Lipinski definition) is 1. The number of hydrogen-bond donors (Lipinski definition) is 1. The molecule has 1 aliphatic carbocycles. The van der Waals surface area contributed by atoms with E-state index in [0.29, 0.717) is 0 Å². The Morgan fingerprint density at radius 1 is 0.900 bits per heavy atom. The zero-order valence-electron chi connectivity index (χ0n) is 13.2. The molecule has 0 amide bonds. The first kappa shape index (κ1) is 15.8. The smallest absolute Gasteiger partial charge is 0.0101 e. The minimum absolute atomic E-state index is 0.781. The summed E-state index contributed by atoms with van der Waals surface area (Å²) in [5.41, 5.74) is 0. The Bertz CT molecular complexity index is 296.